The second kappa shape index (κ2) is 11.4. The van der Waals surface area contributed by atoms with Gasteiger partial charge in [-0.15, -0.1) is 24.0 Å². The summed E-state index contributed by atoms with van der Waals surface area (Å²) in [5.41, 5.74) is 0. The molecular formula is C14H27IN6O3. The van der Waals surface area contributed by atoms with Crippen molar-refractivity contribution in [3.05, 3.63) is 0 Å². The minimum Gasteiger partial charge on any atom is -0.379 e. The number of guanidine groups is 1. The number of halogens is 1. The van der Waals surface area contributed by atoms with Crippen LogP contribution in [0.4, 0.5) is 4.79 Å². The second-order valence-electron chi connectivity index (χ2n) is 5.35. The highest BCUT2D eigenvalue weighted by Crippen LogP contribution is 1.97. The quantitative estimate of drug-likeness (QED) is 0.199. The average molecular weight is 454 g/mol. The third-order valence-electron chi connectivity index (χ3n) is 3.70. The predicted molar refractivity (Wildman–Crippen MR) is 102 cm³/mol. The first kappa shape index (κ1) is 20.9. The summed E-state index contributed by atoms with van der Waals surface area (Å²) in [6, 6.07) is -0.328. The van der Waals surface area contributed by atoms with E-state index in [0.29, 0.717) is 25.6 Å². The summed E-state index contributed by atoms with van der Waals surface area (Å²) in [4.78, 5) is 31.0. The molecule has 2 aliphatic heterocycles. The van der Waals surface area contributed by atoms with Crippen LogP contribution in [0.1, 0.15) is 6.92 Å². The molecular weight excluding hydrogens is 427 g/mol. The van der Waals surface area contributed by atoms with Crippen LogP contribution in [0.5, 0.6) is 0 Å². The van der Waals surface area contributed by atoms with Crippen LogP contribution in [0.2, 0.25) is 0 Å². The Balaban J connectivity index is 0.00000288. The Labute approximate surface area is 159 Å². The minimum absolute atomic E-state index is 0. The molecule has 138 valence electrons. The van der Waals surface area contributed by atoms with Gasteiger partial charge in [-0.2, -0.15) is 0 Å². The van der Waals surface area contributed by atoms with Crippen LogP contribution in [0, 0.1) is 0 Å². The van der Waals surface area contributed by atoms with Crippen LogP contribution in [0.15, 0.2) is 4.99 Å². The molecule has 0 aromatic carbocycles. The van der Waals surface area contributed by atoms with Gasteiger partial charge in [0.15, 0.2) is 5.96 Å². The maximum atomic E-state index is 11.5. The number of rotatable bonds is 7. The van der Waals surface area contributed by atoms with Gasteiger partial charge in [0.05, 0.1) is 26.3 Å². The fourth-order valence-corrected chi connectivity index (χ4v) is 2.44. The molecule has 0 spiro atoms. The SMILES string of the molecule is CCNC(=NCCN1CCOCC1)NCCN1C(=O)CNC1=O.I. The molecule has 0 atom stereocenters. The lowest BCUT2D eigenvalue weighted by atomic mass is 10.4. The van der Waals surface area contributed by atoms with Gasteiger partial charge in [-0.3, -0.25) is 19.6 Å². The smallest absolute Gasteiger partial charge is 0.324 e. The Morgan fingerprint density at radius 1 is 1.25 bits per heavy atom. The van der Waals surface area contributed by atoms with E-state index in [1.807, 2.05) is 6.92 Å². The number of hydrogen-bond acceptors (Lipinski definition) is 5. The number of aliphatic imine (C=N–C) groups is 1. The van der Waals surface area contributed by atoms with Crippen molar-refractivity contribution in [2.24, 2.45) is 4.99 Å². The van der Waals surface area contributed by atoms with Gasteiger partial charge in [0.25, 0.3) is 0 Å². The highest BCUT2D eigenvalue weighted by molar-refractivity contribution is 14.0. The number of urea groups is 1. The van der Waals surface area contributed by atoms with E-state index in [2.05, 4.69) is 25.8 Å². The summed E-state index contributed by atoms with van der Waals surface area (Å²) in [7, 11) is 0. The van der Waals surface area contributed by atoms with Gasteiger partial charge in [0.1, 0.15) is 0 Å². The summed E-state index contributed by atoms with van der Waals surface area (Å²) in [6.45, 7) is 8.71. The van der Waals surface area contributed by atoms with Crippen molar-refractivity contribution in [3.8, 4) is 0 Å². The van der Waals surface area contributed by atoms with Crippen LogP contribution < -0.4 is 16.0 Å². The number of nitrogens with one attached hydrogen (secondary N) is 3. The molecule has 0 aromatic rings. The summed E-state index contributed by atoms with van der Waals surface area (Å²) < 4.78 is 5.32. The Hall–Kier alpha value is -1.14. The van der Waals surface area contributed by atoms with Crippen molar-refractivity contribution in [2.75, 3.05) is 65.6 Å². The van der Waals surface area contributed by atoms with E-state index in [-0.39, 0.29) is 42.5 Å². The number of morpholine rings is 1. The van der Waals surface area contributed by atoms with Crippen molar-refractivity contribution in [1.29, 1.82) is 0 Å². The van der Waals surface area contributed by atoms with E-state index in [4.69, 9.17) is 4.74 Å². The number of carbonyl (C=O) groups excluding carboxylic acids is 2. The van der Waals surface area contributed by atoms with Gasteiger partial charge >= 0.3 is 6.03 Å². The third kappa shape index (κ3) is 6.77. The standard InChI is InChI=1S/C14H26N6O3.HI/c1-2-15-13(16-3-5-19-7-9-23-10-8-19)17-4-6-20-12(21)11-18-14(20)22;/h2-11H2,1H3,(H,18,22)(H2,15,16,17);1H. The lowest BCUT2D eigenvalue weighted by molar-refractivity contribution is -0.124. The van der Waals surface area contributed by atoms with Crippen LogP contribution in [0.25, 0.3) is 0 Å². The maximum absolute atomic E-state index is 11.5. The van der Waals surface area contributed by atoms with E-state index >= 15 is 0 Å². The Kier molecular flexibility index (Phi) is 9.95. The topological polar surface area (TPSA) is 98.3 Å². The molecule has 3 N–H and O–H groups in total. The van der Waals surface area contributed by atoms with Gasteiger partial charge in [0, 0.05) is 39.3 Å². The lowest BCUT2D eigenvalue weighted by Crippen LogP contribution is -2.43. The van der Waals surface area contributed by atoms with Gasteiger partial charge in [-0.25, -0.2) is 4.79 Å². The molecule has 0 bridgehead atoms. The zero-order chi connectivity index (χ0) is 16.5. The summed E-state index contributed by atoms with van der Waals surface area (Å²) >= 11 is 0. The van der Waals surface area contributed by atoms with E-state index in [0.717, 1.165) is 39.4 Å². The van der Waals surface area contributed by atoms with Crippen molar-refractivity contribution < 1.29 is 14.3 Å². The molecule has 2 saturated heterocycles. The number of ether oxygens (including phenoxy) is 1. The van der Waals surface area contributed by atoms with Crippen molar-refractivity contribution in [3.63, 3.8) is 0 Å². The van der Waals surface area contributed by atoms with Gasteiger partial charge in [-0.1, -0.05) is 0 Å². The maximum Gasteiger partial charge on any atom is 0.324 e. The second-order valence-corrected chi connectivity index (χ2v) is 5.35. The largest absolute Gasteiger partial charge is 0.379 e. The van der Waals surface area contributed by atoms with E-state index in [9.17, 15) is 9.59 Å². The molecule has 0 aromatic heterocycles. The lowest BCUT2D eigenvalue weighted by Gasteiger charge is -2.25. The first-order chi connectivity index (χ1) is 11.2. The predicted octanol–water partition coefficient (Wildman–Crippen LogP) is -0.956. The van der Waals surface area contributed by atoms with Crippen LogP contribution in [-0.2, 0) is 9.53 Å². The van der Waals surface area contributed by atoms with Crippen molar-refractivity contribution in [2.45, 2.75) is 6.92 Å². The molecule has 0 saturated carbocycles. The van der Waals surface area contributed by atoms with Gasteiger partial charge in [0.2, 0.25) is 5.91 Å². The fourth-order valence-electron chi connectivity index (χ4n) is 2.44. The average Bonchev–Trinajstić information content (AvgIpc) is 2.88. The highest BCUT2D eigenvalue weighted by Gasteiger charge is 2.27. The third-order valence-corrected chi connectivity index (χ3v) is 3.70. The number of carbonyl (C=O) groups is 2. The Morgan fingerprint density at radius 2 is 2.00 bits per heavy atom. The molecule has 2 aliphatic rings. The summed E-state index contributed by atoms with van der Waals surface area (Å²) in [6.07, 6.45) is 0. The number of amides is 3. The molecule has 0 radical (unpaired) electrons. The molecule has 2 fully saturated rings. The zero-order valence-corrected chi connectivity index (χ0v) is 16.4. The van der Waals surface area contributed by atoms with Crippen LogP contribution in [-0.4, -0.2) is 93.3 Å². The van der Waals surface area contributed by atoms with Crippen LogP contribution in [0.3, 0.4) is 0 Å². The molecule has 0 aliphatic carbocycles. The summed E-state index contributed by atoms with van der Waals surface area (Å²) in [5, 5.41) is 8.81. The summed E-state index contributed by atoms with van der Waals surface area (Å²) in [5.74, 6) is 0.513. The number of hydrogen-bond donors (Lipinski definition) is 3. The van der Waals surface area contributed by atoms with Crippen molar-refractivity contribution >= 4 is 41.9 Å². The number of imide groups is 1. The molecule has 0 unspecified atom stereocenters. The van der Waals surface area contributed by atoms with Gasteiger partial charge < -0.3 is 20.7 Å². The monoisotopic (exact) mass is 454 g/mol. The molecule has 10 heteroatoms. The molecule has 24 heavy (non-hydrogen) atoms. The normalized spacial score (nSPS) is 19.0. The van der Waals surface area contributed by atoms with Gasteiger partial charge in [-0.05, 0) is 6.92 Å². The Morgan fingerprint density at radius 3 is 2.62 bits per heavy atom. The van der Waals surface area contributed by atoms with E-state index in [1.54, 1.807) is 0 Å². The van der Waals surface area contributed by atoms with E-state index < -0.39 is 0 Å². The molecule has 9 nitrogen and oxygen atoms in total. The fraction of sp³-hybridized carbons (Fsp3) is 0.786. The van der Waals surface area contributed by atoms with Crippen LogP contribution >= 0.6 is 24.0 Å². The first-order valence-corrected chi connectivity index (χ1v) is 8.11. The first-order valence-electron chi connectivity index (χ1n) is 8.11. The molecule has 3 amide bonds. The highest BCUT2D eigenvalue weighted by atomic mass is 127. The number of nitrogens with zero attached hydrogens (tertiary/aromatic N) is 3. The van der Waals surface area contributed by atoms with E-state index in [1.165, 1.54) is 4.90 Å². The van der Waals surface area contributed by atoms with Crippen molar-refractivity contribution in [1.82, 2.24) is 25.8 Å². The molecule has 2 heterocycles. The molecule has 2 rings (SSSR count). The zero-order valence-electron chi connectivity index (χ0n) is 14.0. The minimum atomic E-state index is -0.328. The Bertz CT molecular complexity index is 426.